The first-order valence-electron chi connectivity index (χ1n) is 8.64. The van der Waals surface area contributed by atoms with Crippen LogP contribution in [0, 0.1) is 5.82 Å². The van der Waals surface area contributed by atoms with Crippen LogP contribution in [0.25, 0.3) is 5.82 Å². The third kappa shape index (κ3) is 4.42. The maximum absolute atomic E-state index is 13.3. The molecule has 0 unspecified atom stereocenters. The lowest BCUT2D eigenvalue weighted by molar-refractivity contribution is 0.454. The van der Waals surface area contributed by atoms with Crippen LogP contribution in [0.2, 0.25) is 5.02 Å². The van der Waals surface area contributed by atoms with Crippen molar-refractivity contribution in [2.24, 2.45) is 0 Å². The van der Waals surface area contributed by atoms with Gasteiger partial charge in [-0.3, -0.25) is 4.72 Å². The van der Waals surface area contributed by atoms with Crippen molar-refractivity contribution in [3.05, 3.63) is 90.0 Å². The van der Waals surface area contributed by atoms with E-state index in [1.165, 1.54) is 12.1 Å². The van der Waals surface area contributed by atoms with E-state index in [9.17, 15) is 12.8 Å². The van der Waals surface area contributed by atoms with Crippen LogP contribution < -0.4 is 9.46 Å². The molecule has 0 aliphatic carbocycles. The molecule has 1 N–H and O–H groups in total. The Morgan fingerprint density at radius 3 is 2.33 bits per heavy atom. The largest absolute Gasteiger partial charge is 0.438 e. The summed E-state index contributed by atoms with van der Waals surface area (Å²) < 4.78 is 48.0. The van der Waals surface area contributed by atoms with Crippen LogP contribution in [0.4, 0.5) is 10.1 Å². The molecule has 0 saturated carbocycles. The molecule has 0 spiro atoms. The van der Waals surface area contributed by atoms with Crippen LogP contribution in [-0.4, -0.2) is 23.2 Å². The molecule has 0 aliphatic rings. The van der Waals surface area contributed by atoms with Crippen LogP contribution >= 0.6 is 11.6 Å². The molecule has 7 nitrogen and oxygen atoms in total. The van der Waals surface area contributed by atoms with Gasteiger partial charge < -0.3 is 9.30 Å². The molecule has 0 radical (unpaired) electrons. The number of sulfonamides is 1. The Hall–Kier alpha value is -3.43. The van der Waals surface area contributed by atoms with Crippen LogP contribution in [0.3, 0.4) is 0 Å². The van der Waals surface area contributed by atoms with Gasteiger partial charge in [0.2, 0.25) is 5.88 Å². The van der Waals surface area contributed by atoms with E-state index in [4.69, 9.17) is 16.3 Å². The average molecular weight is 445 g/mol. The smallest absolute Gasteiger partial charge is 0.261 e. The summed E-state index contributed by atoms with van der Waals surface area (Å²) >= 11 is 5.66. The Kier molecular flexibility index (Phi) is 5.39. The fraction of sp³-hybridized carbons (Fsp3) is 0. The van der Waals surface area contributed by atoms with Gasteiger partial charge >= 0.3 is 0 Å². The Morgan fingerprint density at radius 2 is 1.70 bits per heavy atom. The number of aromatic nitrogens is 3. The molecule has 0 amide bonds. The topological polar surface area (TPSA) is 86.1 Å². The first-order chi connectivity index (χ1) is 14.4. The molecule has 152 valence electrons. The van der Waals surface area contributed by atoms with Gasteiger partial charge in [0.25, 0.3) is 10.0 Å². The summed E-state index contributed by atoms with van der Waals surface area (Å²) in [4.78, 5) is -0.146. The van der Waals surface area contributed by atoms with Crippen LogP contribution in [0.1, 0.15) is 0 Å². The minimum Gasteiger partial charge on any atom is -0.438 e. The van der Waals surface area contributed by atoms with Crippen molar-refractivity contribution in [3.8, 4) is 17.4 Å². The zero-order valence-electron chi connectivity index (χ0n) is 15.2. The van der Waals surface area contributed by atoms with Crippen molar-refractivity contribution >= 4 is 27.3 Å². The fourth-order valence-electron chi connectivity index (χ4n) is 2.56. The van der Waals surface area contributed by atoms with Gasteiger partial charge in [-0.2, -0.15) is 0 Å². The quantitative estimate of drug-likeness (QED) is 0.467. The zero-order valence-corrected chi connectivity index (χ0v) is 16.8. The molecular weight excluding hydrogens is 431 g/mol. The molecule has 0 fully saturated rings. The number of ether oxygens (including phenoxy) is 1. The maximum atomic E-state index is 13.3. The molecular formula is C20H14ClFN4O3S. The van der Waals surface area contributed by atoms with Gasteiger partial charge in [0, 0.05) is 24.1 Å². The van der Waals surface area contributed by atoms with Crippen LogP contribution in [0.15, 0.2) is 84.0 Å². The summed E-state index contributed by atoms with van der Waals surface area (Å²) in [6, 6.07) is 16.6. The minimum atomic E-state index is -3.92. The van der Waals surface area contributed by atoms with E-state index in [2.05, 4.69) is 14.9 Å². The van der Waals surface area contributed by atoms with E-state index in [0.29, 0.717) is 23.1 Å². The lowest BCUT2D eigenvalue weighted by atomic mass is 10.3. The number of rotatable bonds is 6. The second-order valence-corrected chi connectivity index (χ2v) is 8.22. The molecule has 2 heterocycles. The van der Waals surface area contributed by atoms with E-state index < -0.39 is 15.8 Å². The highest BCUT2D eigenvalue weighted by molar-refractivity contribution is 7.92. The van der Waals surface area contributed by atoms with Crippen molar-refractivity contribution in [1.29, 1.82) is 0 Å². The van der Waals surface area contributed by atoms with E-state index in [0.717, 1.165) is 18.2 Å². The molecule has 2 aromatic carbocycles. The van der Waals surface area contributed by atoms with Gasteiger partial charge in [0.15, 0.2) is 5.82 Å². The highest BCUT2D eigenvalue weighted by Crippen LogP contribution is 2.25. The van der Waals surface area contributed by atoms with E-state index >= 15 is 0 Å². The second-order valence-electron chi connectivity index (χ2n) is 6.13. The van der Waals surface area contributed by atoms with E-state index in [1.54, 1.807) is 24.3 Å². The number of nitrogens with one attached hydrogen (secondary N) is 1. The average Bonchev–Trinajstić information content (AvgIpc) is 3.27. The van der Waals surface area contributed by atoms with Gasteiger partial charge in [0.05, 0.1) is 9.92 Å². The van der Waals surface area contributed by atoms with E-state index in [1.807, 2.05) is 29.1 Å². The fourth-order valence-corrected chi connectivity index (χ4v) is 3.89. The molecule has 0 aliphatic heterocycles. The van der Waals surface area contributed by atoms with Gasteiger partial charge in [0.1, 0.15) is 11.6 Å². The van der Waals surface area contributed by atoms with Crippen molar-refractivity contribution in [1.82, 2.24) is 14.8 Å². The first-order valence-corrected chi connectivity index (χ1v) is 10.5. The van der Waals surface area contributed by atoms with E-state index in [-0.39, 0.29) is 9.92 Å². The number of halogens is 2. The molecule has 10 heteroatoms. The summed E-state index contributed by atoms with van der Waals surface area (Å²) in [5, 5.41) is 7.84. The predicted octanol–water partition coefficient (Wildman–Crippen LogP) is 4.65. The Labute approximate surface area is 176 Å². The minimum absolute atomic E-state index is 0.146. The summed E-state index contributed by atoms with van der Waals surface area (Å²) in [5.41, 5.74) is 0.303. The Bertz CT molecular complexity index is 1260. The Balaban J connectivity index is 1.44. The molecule has 4 aromatic rings. The number of benzene rings is 2. The van der Waals surface area contributed by atoms with Crippen LogP contribution in [-0.2, 0) is 10.0 Å². The predicted molar refractivity (Wildman–Crippen MR) is 110 cm³/mol. The zero-order chi connectivity index (χ0) is 21.1. The summed E-state index contributed by atoms with van der Waals surface area (Å²) in [7, 11) is -3.92. The second kappa shape index (κ2) is 8.13. The van der Waals surface area contributed by atoms with Crippen molar-refractivity contribution in [2.75, 3.05) is 4.72 Å². The molecule has 0 saturated heterocycles. The number of hydrogen-bond acceptors (Lipinski definition) is 5. The third-order valence-corrected chi connectivity index (χ3v) is 5.69. The van der Waals surface area contributed by atoms with Gasteiger partial charge in [-0.15, -0.1) is 10.2 Å². The monoisotopic (exact) mass is 444 g/mol. The van der Waals surface area contributed by atoms with Crippen molar-refractivity contribution < 1.29 is 17.5 Å². The highest BCUT2D eigenvalue weighted by Gasteiger charge is 2.16. The first kappa shape index (κ1) is 19.9. The summed E-state index contributed by atoms with van der Waals surface area (Å²) in [6.07, 6.45) is 3.70. The highest BCUT2D eigenvalue weighted by atomic mass is 35.5. The maximum Gasteiger partial charge on any atom is 0.261 e. The molecule has 0 atom stereocenters. The normalized spacial score (nSPS) is 11.3. The standard InChI is InChI=1S/C20H14ClFN4O3S/c21-17-13-16(7-8-18(17)22)30(27,28)25-14-3-5-15(6-4-14)29-20-10-9-19(23-24-20)26-11-1-2-12-26/h1-13,25H. The number of nitrogens with zero attached hydrogens (tertiary/aromatic N) is 3. The molecule has 30 heavy (non-hydrogen) atoms. The summed E-state index contributed by atoms with van der Waals surface area (Å²) in [5.74, 6) is 0.700. The number of anilines is 1. The molecule has 2 aromatic heterocycles. The molecule has 0 bridgehead atoms. The Morgan fingerprint density at radius 1 is 0.967 bits per heavy atom. The van der Waals surface area contributed by atoms with Crippen molar-refractivity contribution in [2.45, 2.75) is 4.90 Å². The third-order valence-electron chi connectivity index (χ3n) is 4.03. The van der Waals surface area contributed by atoms with Gasteiger partial charge in [-0.1, -0.05) is 11.6 Å². The molecule has 4 rings (SSSR count). The van der Waals surface area contributed by atoms with Crippen LogP contribution in [0.5, 0.6) is 11.6 Å². The lowest BCUT2D eigenvalue weighted by Gasteiger charge is -2.10. The number of hydrogen-bond donors (Lipinski definition) is 1. The summed E-state index contributed by atoms with van der Waals surface area (Å²) in [6.45, 7) is 0. The SMILES string of the molecule is O=S(=O)(Nc1ccc(Oc2ccc(-n3cccc3)nn2)cc1)c1ccc(F)c(Cl)c1. The van der Waals surface area contributed by atoms with Gasteiger partial charge in [-0.05, 0) is 60.7 Å². The van der Waals surface area contributed by atoms with Crippen molar-refractivity contribution in [3.63, 3.8) is 0 Å². The van der Waals surface area contributed by atoms with Gasteiger partial charge in [-0.25, -0.2) is 12.8 Å². The lowest BCUT2D eigenvalue weighted by Crippen LogP contribution is -2.13.